The van der Waals surface area contributed by atoms with E-state index in [0.29, 0.717) is 0 Å². The van der Waals surface area contributed by atoms with Crippen molar-refractivity contribution >= 4 is 16.9 Å². The van der Waals surface area contributed by atoms with Crippen LogP contribution in [0.1, 0.15) is 5.56 Å². The van der Waals surface area contributed by atoms with E-state index in [-0.39, 0.29) is 0 Å². The van der Waals surface area contributed by atoms with Crippen molar-refractivity contribution in [2.75, 3.05) is 20.1 Å². The molecule has 0 bridgehead atoms. The van der Waals surface area contributed by atoms with Gasteiger partial charge in [0, 0.05) is 56.2 Å². The van der Waals surface area contributed by atoms with Gasteiger partial charge in [-0.3, -0.25) is 4.99 Å². The average Bonchev–Trinajstić information content (AvgIpc) is 3.23. The van der Waals surface area contributed by atoms with Crippen molar-refractivity contribution in [3.8, 4) is 0 Å². The summed E-state index contributed by atoms with van der Waals surface area (Å²) in [6.45, 7) is 2.63. The number of hydrogen-bond donors (Lipinski definition) is 3. The standard InChI is InChI=1S/C18H23N5/c1-19-18(21-10-13-23-11-4-5-12-23)20-9-8-15-14-22-17-7-3-2-6-16(15)17/h2-7,11-12,14,22H,8-10,13H2,1H3,(H2,19,20,21). The van der Waals surface area contributed by atoms with E-state index in [1.165, 1.54) is 16.5 Å². The highest BCUT2D eigenvalue weighted by atomic mass is 15.2. The number of rotatable bonds is 6. The lowest BCUT2D eigenvalue weighted by molar-refractivity contribution is 0.665. The highest BCUT2D eigenvalue weighted by Gasteiger charge is 2.03. The number of aromatic amines is 1. The zero-order chi connectivity index (χ0) is 15.9. The highest BCUT2D eigenvalue weighted by molar-refractivity contribution is 5.83. The number of benzene rings is 1. The van der Waals surface area contributed by atoms with Crippen molar-refractivity contribution < 1.29 is 0 Å². The number of aliphatic imine (C=N–C) groups is 1. The van der Waals surface area contributed by atoms with Crippen LogP contribution in [0.25, 0.3) is 10.9 Å². The van der Waals surface area contributed by atoms with Crippen LogP contribution in [-0.2, 0) is 13.0 Å². The molecule has 0 saturated heterocycles. The van der Waals surface area contributed by atoms with Gasteiger partial charge >= 0.3 is 0 Å². The minimum Gasteiger partial charge on any atom is -0.361 e. The van der Waals surface area contributed by atoms with Crippen molar-refractivity contribution in [2.45, 2.75) is 13.0 Å². The van der Waals surface area contributed by atoms with E-state index in [2.05, 4.69) is 68.0 Å². The molecule has 5 heteroatoms. The first kappa shape index (κ1) is 15.2. The second-order valence-corrected chi connectivity index (χ2v) is 5.46. The Morgan fingerprint density at radius 3 is 2.70 bits per heavy atom. The summed E-state index contributed by atoms with van der Waals surface area (Å²) in [5, 5.41) is 8.00. The average molecular weight is 309 g/mol. The largest absolute Gasteiger partial charge is 0.361 e. The minimum atomic E-state index is 0.844. The molecule has 3 aromatic rings. The van der Waals surface area contributed by atoms with Crippen molar-refractivity contribution in [3.63, 3.8) is 0 Å². The molecule has 1 aromatic carbocycles. The molecule has 0 radical (unpaired) electrons. The zero-order valence-corrected chi connectivity index (χ0v) is 13.4. The summed E-state index contributed by atoms with van der Waals surface area (Å²) in [5.41, 5.74) is 2.52. The summed E-state index contributed by atoms with van der Waals surface area (Å²) in [6.07, 6.45) is 7.18. The molecule has 3 N–H and O–H groups in total. The maximum absolute atomic E-state index is 4.27. The van der Waals surface area contributed by atoms with E-state index in [9.17, 15) is 0 Å². The Morgan fingerprint density at radius 2 is 1.87 bits per heavy atom. The van der Waals surface area contributed by atoms with Crippen LogP contribution in [0.5, 0.6) is 0 Å². The first-order valence-corrected chi connectivity index (χ1v) is 7.97. The van der Waals surface area contributed by atoms with Gasteiger partial charge in [-0.15, -0.1) is 0 Å². The molecule has 2 heterocycles. The Labute approximate surface area is 136 Å². The number of fused-ring (bicyclic) bond motifs is 1. The Hall–Kier alpha value is -2.69. The molecule has 0 atom stereocenters. The van der Waals surface area contributed by atoms with E-state index in [4.69, 9.17) is 0 Å². The zero-order valence-electron chi connectivity index (χ0n) is 13.4. The van der Waals surface area contributed by atoms with Crippen LogP contribution in [0.2, 0.25) is 0 Å². The molecule has 0 aliphatic rings. The smallest absolute Gasteiger partial charge is 0.191 e. The number of guanidine groups is 1. The first-order valence-electron chi connectivity index (χ1n) is 7.97. The lowest BCUT2D eigenvalue weighted by Crippen LogP contribution is -2.39. The fourth-order valence-corrected chi connectivity index (χ4v) is 2.70. The number of hydrogen-bond acceptors (Lipinski definition) is 1. The predicted molar refractivity (Wildman–Crippen MR) is 95.8 cm³/mol. The SMILES string of the molecule is CN=C(NCCc1c[nH]c2ccccc12)NCCn1cccc1. The van der Waals surface area contributed by atoms with Crippen LogP contribution in [-0.4, -0.2) is 35.6 Å². The molecule has 0 saturated carbocycles. The second-order valence-electron chi connectivity index (χ2n) is 5.46. The van der Waals surface area contributed by atoms with Gasteiger partial charge in [0.15, 0.2) is 5.96 Å². The summed E-state index contributed by atoms with van der Waals surface area (Å²) in [4.78, 5) is 7.58. The van der Waals surface area contributed by atoms with Gasteiger partial charge in [0.05, 0.1) is 0 Å². The van der Waals surface area contributed by atoms with Gasteiger partial charge in [-0.05, 0) is 30.2 Å². The van der Waals surface area contributed by atoms with Gasteiger partial charge in [-0.1, -0.05) is 18.2 Å². The summed E-state index contributed by atoms with van der Waals surface area (Å²) in [5.74, 6) is 0.844. The molecule has 0 aliphatic carbocycles. The molecular weight excluding hydrogens is 286 g/mol. The van der Waals surface area contributed by atoms with E-state index >= 15 is 0 Å². The molecule has 2 aromatic heterocycles. The third-order valence-electron chi connectivity index (χ3n) is 3.91. The number of nitrogens with zero attached hydrogens (tertiary/aromatic N) is 2. The maximum Gasteiger partial charge on any atom is 0.191 e. The van der Waals surface area contributed by atoms with Crippen molar-refractivity contribution in [3.05, 3.63) is 60.6 Å². The molecule has 3 rings (SSSR count). The van der Waals surface area contributed by atoms with Crippen LogP contribution in [0.3, 0.4) is 0 Å². The number of nitrogens with one attached hydrogen (secondary N) is 3. The molecule has 120 valence electrons. The second kappa shape index (κ2) is 7.54. The van der Waals surface area contributed by atoms with E-state index in [1.54, 1.807) is 7.05 Å². The fourth-order valence-electron chi connectivity index (χ4n) is 2.70. The number of para-hydroxylation sites is 1. The highest BCUT2D eigenvalue weighted by Crippen LogP contribution is 2.17. The first-order chi connectivity index (χ1) is 11.4. The molecule has 23 heavy (non-hydrogen) atoms. The molecule has 0 amide bonds. The summed E-state index contributed by atoms with van der Waals surface area (Å²) in [7, 11) is 1.80. The molecular formula is C18H23N5. The minimum absolute atomic E-state index is 0.844. The Balaban J connectivity index is 1.45. The van der Waals surface area contributed by atoms with E-state index in [0.717, 1.165) is 32.0 Å². The third-order valence-corrected chi connectivity index (χ3v) is 3.91. The van der Waals surface area contributed by atoms with Gasteiger partial charge in [0.1, 0.15) is 0 Å². The van der Waals surface area contributed by atoms with Gasteiger partial charge in [0.25, 0.3) is 0 Å². The van der Waals surface area contributed by atoms with Crippen LogP contribution >= 0.6 is 0 Å². The quantitative estimate of drug-likeness (QED) is 0.484. The summed E-state index contributed by atoms with van der Waals surface area (Å²) < 4.78 is 2.15. The maximum atomic E-state index is 4.27. The Morgan fingerprint density at radius 1 is 1.09 bits per heavy atom. The van der Waals surface area contributed by atoms with Gasteiger partial charge in [-0.25, -0.2) is 0 Å². The lowest BCUT2D eigenvalue weighted by Gasteiger charge is -2.12. The van der Waals surface area contributed by atoms with Crippen LogP contribution in [0.15, 0.2) is 60.0 Å². The molecule has 0 unspecified atom stereocenters. The van der Waals surface area contributed by atoms with Gasteiger partial charge < -0.3 is 20.2 Å². The van der Waals surface area contributed by atoms with Crippen molar-refractivity contribution in [2.24, 2.45) is 4.99 Å². The predicted octanol–water partition coefficient (Wildman–Crippen LogP) is 2.38. The van der Waals surface area contributed by atoms with E-state index < -0.39 is 0 Å². The number of H-pyrrole nitrogens is 1. The van der Waals surface area contributed by atoms with Crippen molar-refractivity contribution in [1.82, 2.24) is 20.2 Å². The Bertz CT molecular complexity index is 755. The normalized spacial score (nSPS) is 11.8. The van der Waals surface area contributed by atoms with Crippen LogP contribution < -0.4 is 10.6 Å². The summed E-state index contributed by atoms with van der Waals surface area (Å²) in [6, 6.07) is 12.5. The topological polar surface area (TPSA) is 57.1 Å². The fraction of sp³-hybridized carbons (Fsp3) is 0.278. The molecule has 0 fully saturated rings. The number of aromatic nitrogens is 2. The van der Waals surface area contributed by atoms with Gasteiger partial charge in [0.2, 0.25) is 0 Å². The van der Waals surface area contributed by atoms with Gasteiger partial charge in [-0.2, -0.15) is 0 Å². The summed E-state index contributed by atoms with van der Waals surface area (Å²) >= 11 is 0. The molecule has 5 nitrogen and oxygen atoms in total. The lowest BCUT2D eigenvalue weighted by atomic mass is 10.1. The monoisotopic (exact) mass is 309 g/mol. The van der Waals surface area contributed by atoms with Crippen LogP contribution in [0.4, 0.5) is 0 Å². The Kier molecular flexibility index (Phi) is 4.99. The molecule has 0 spiro atoms. The van der Waals surface area contributed by atoms with E-state index in [1.807, 2.05) is 12.1 Å². The third kappa shape index (κ3) is 3.94. The van der Waals surface area contributed by atoms with Crippen LogP contribution in [0, 0.1) is 0 Å². The molecule has 0 aliphatic heterocycles. The van der Waals surface area contributed by atoms with Crippen molar-refractivity contribution in [1.29, 1.82) is 0 Å².